The number of piperidine rings is 1. The van der Waals surface area contributed by atoms with Gasteiger partial charge in [0.25, 0.3) is 0 Å². The summed E-state index contributed by atoms with van der Waals surface area (Å²) in [4.78, 5) is 14.8. The molecule has 0 N–H and O–H groups in total. The van der Waals surface area contributed by atoms with Gasteiger partial charge in [0, 0.05) is 26.2 Å². The first-order chi connectivity index (χ1) is 15.7. The lowest BCUT2D eigenvalue weighted by Crippen LogP contribution is -2.48. The summed E-state index contributed by atoms with van der Waals surface area (Å²) in [7, 11) is -6.79. The molecule has 0 radical (unpaired) electrons. The maximum atomic E-state index is 13.0. The first-order valence-electron chi connectivity index (χ1n) is 11.9. The Labute approximate surface area is 204 Å². The van der Waals surface area contributed by atoms with E-state index in [1.165, 1.54) is 4.31 Å². The molecule has 2 aliphatic heterocycles. The molecular formula is C24H38N2O6S2. The Balaban J connectivity index is 1.55. The van der Waals surface area contributed by atoms with Gasteiger partial charge in [-0.25, -0.2) is 16.8 Å². The lowest BCUT2D eigenvalue weighted by Gasteiger charge is -2.34. The predicted octanol–water partition coefficient (Wildman–Crippen LogP) is 2.48. The number of amides is 1. The third-order valence-electron chi connectivity index (χ3n) is 6.66. The fourth-order valence-electron chi connectivity index (χ4n) is 4.45. The lowest BCUT2D eigenvalue weighted by atomic mass is 9.98. The second-order valence-electron chi connectivity index (χ2n) is 10.6. The zero-order chi connectivity index (χ0) is 25.3. The molecule has 2 saturated heterocycles. The highest BCUT2D eigenvalue weighted by Gasteiger charge is 2.34. The van der Waals surface area contributed by atoms with E-state index < -0.39 is 24.6 Å². The van der Waals surface area contributed by atoms with Gasteiger partial charge in [-0.05, 0) is 71.1 Å². The normalized spacial score (nSPS) is 23.7. The maximum absolute atomic E-state index is 13.0. The Kier molecular flexibility index (Phi) is 8.17. The van der Waals surface area contributed by atoms with Crippen LogP contribution in [0.25, 0.3) is 0 Å². The summed E-state index contributed by atoms with van der Waals surface area (Å²) in [5.41, 5.74) is 0.755. The highest BCUT2D eigenvalue weighted by Crippen LogP contribution is 2.26. The van der Waals surface area contributed by atoms with Crippen LogP contribution in [-0.4, -0.2) is 80.8 Å². The summed E-state index contributed by atoms with van der Waals surface area (Å²) in [5.74, 6) is 0.210. The number of sulfone groups is 1. The first kappa shape index (κ1) is 27.1. The maximum Gasteiger partial charge on any atom is 0.243 e. The molecule has 0 saturated carbocycles. The first-order valence-corrected chi connectivity index (χ1v) is 15.0. The molecule has 2 fully saturated rings. The summed E-state index contributed by atoms with van der Waals surface area (Å²) in [6.07, 6.45) is 1.22. The molecule has 1 aromatic rings. The molecule has 192 valence electrons. The lowest BCUT2D eigenvalue weighted by molar-refractivity contribution is -0.131. The SMILES string of the molecule is C[C@@H]1CN(S(=O)(=O)c2ccc(CC(=O)N3CCC(CS(=O)(=O)C(C)(C)C)CC3)cc2)C[C@H](C)O1. The summed E-state index contributed by atoms with van der Waals surface area (Å²) in [6, 6.07) is 6.51. The quantitative estimate of drug-likeness (QED) is 0.578. The number of sulfonamides is 1. The van der Waals surface area contributed by atoms with Crippen molar-refractivity contribution in [3.05, 3.63) is 29.8 Å². The van der Waals surface area contributed by atoms with E-state index >= 15 is 0 Å². The highest BCUT2D eigenvalue weighted by atomic mass is 32.2. The summed E-state index contributed by atoms with van der Waals surface area (Å²) < 4.78 is 57.3. The number of nitrogens with zero attached hydrogens (tertiary/aromatic N) is 2. The minimum absolute atomic E-state index is 0.0245. The number of ether oxygens (including phenoxy) is 1. The van der Waals surface area contributed by atoms with Crippen molar-refractivity contribution in [3.8, 4) is 0 Å². The van der Waals surface area contributed by atoms with E-state index in [1.54, 1.807) is 49.9 Å². The van der Waals surface area contributed by atoms with Crippen molar-refractivity contribution in [2.75, 3.05) is 31.9 Å². The molecular weight excluding hydrogens is 476 g/mol. The average Bonchev–Trinajstić information content (AvgIpc) is 2.73. The second-order valence-corrected chi connectivity index (χ2v) is 15.3. The van der Waals surface area contributed by atoms with Gasteiger partial charge in [-0.3, -0.25) is 4.79 Å². The van der Waals surface area contributed by atoms with Crippen molar-refractivity contribution in [1.29, 1.82) is 0 Å². The molecule has 0 aromatic heterocycles. The zero-order valence-corrected chi connectivity index (χ0v) is 22.5. The van der Waals surface area contributed by atoms with E-state index in [-0.39, 0.29) is 41.1 Å². The summed E-state index contributed by atoms with van der Waals surface area (Å²) >= 11 is 0. The molecule has 0 bridgehead atoms. The van der Waals surface area contributed by atoms with Crippen molar-refractivity contribution >= 4 is 25.8 Å². The number of hydrogen-bond acceptors (Lipinski definition) is 6. The van der Waals surface area contributed by atoms with Gasteiger partial charge in [0.1, 0.15) is 0 Å². The molecule has 2 aliphatic rings. The Hall–Kier alpha value is -1.49. The standard InChI is InChI=1S/C24H38N2O6S2/c1-18-15-26(16-19(2)32-18)34(30,31)22-8-6-20(7-9-22)14-23(27)25-12-10-21(11-13-25)17-33(28,29)24(3,4)5/h6-9,18-19,21H,10-17H2,1-5H3/t18-,19+. The van der Waals surface area contributed by atoms with Crippen LogP contribution in [0.5, 0.6) is 0 Å². The molecule has 8 nitrogen and oxygen atoms in total. The van der Waals surface area contributed by atoms with Crippen LogP contribution in [0.15, 0.2) is 29.2 Å². The van der Waals surface area contributed by atoms with Crippen molar-refractivity contribution in [2.24, 2.45) is 5.92 Å². The molecule has 10 heteroatoms. The van der Waals surface area contributed by atoms with Crippen LogP contribution < -0.4 is 0 Å². The van der Waals surface area contributed by atoms with Crippen LogP contribution in [0.4, 0.5) is 0 Å². The van der Waals surface area contributed by atoms with Crippen molar-refractivity contribution in [1.82, 2.24) is 9.21 Å². The summed E-state index contributed by atoms with van der Waals surface area (Å²) in [5, 5.41) is 0. The number of benzene rings is 1. The minimum atomic E-state index is -3.62. The van der Waals surface area contributed by atoms with Crippen LogP contribution in [0.2, 0.25) is 0 Å². The van der Waals surface area contributed by atoms with Crippen LogP contribution in [0, 0.1) is 5.92 Å². The molecule has 34 heavy (non-hydrogen) atoms. The Bertz CT molecular complexity index is 1060. The van der Waals surface area contributed by atoms with Gasteiger partial charge in [-0.2, -0.15) is 4.31 Å². The van der Waals surface area contributed by atoms with Gasteiger partial charge in [-0.15, -0.1) is 0 Å². The van der Waals surface area contributed by atoms with E-state index in [1.807, 2.05) is 13.8 Å². The second kappa shape index (κ2) is 10.2. The largest absolute Gasteiger partial charge is 0.373 e. The molecule has 2 heterocycles. The fraction of sp³-hybridized carbons (Fsp3) is 0.708. The Morgan fingerprint density at radius 2 is 1.50 bits per heavy atom. The van der Waals surface area contributed by atoms with Crippen molar-refractivity contribution in [2.45, 2.75) is 75.7 Å². The van der Waals surface area contributed by atoms with Gasteiger partial charge in [-0.1, -0.05) is 12.1 Å². The number of hydrogen-bond donors (Lipinski definition) is 0. The van der Waals surface area contributed by atoms with E-state index in [2.05, 4.69) is 0 Å². The number of likely N-dealkylation sites (tertiary alicyclic amines) is 1. The van der Waals surface area contributed by atoms with Crippen molar-refractivity contribution in [3.63, 3.8) is 0 Å². The van der Waals surface area contributed by atoms with Crippen LogP contribution in [0.3, 0.4) is 0 Å². The number of carbonyl (C=O) groups is 1. The van der Waals surface area contributed by atoms with E-state index in [4.69, 9.17) is 4.74 Å². The van der Waals surface area contributed by atoms with Crippen LogP contribution >= 0.6 is 0 Å². The third-order valence-corrected chi connectivity index (χ3v) is 11.3. The average molecular weight is 515 g/mol. The highest BCUT2D eigenvalue weighted by molar-refractivity contribution is 7.92. The number of morpholine rings is 1. The number of carbonyl (C=O) groups excluding carboxylic acids is 1. The zero-order valence-electron chi connectivity index (χ0n) is 20.9. The molecule has 0 aliphatic carbocycles. The number of rotatable bonds is 6. The Morgan fingerprint density at radius 1 is 0.971 bits per heavy atom. The van der Waals surface area contributed by atoms with E-state index in [9.17, 15) is 21.6 Å². The molecule has 1 aromatic carbocycles. The van der Waals surface area contributed by atoms with Crippen molar-refractivity contribution < 1.29 is 26.4 Å². The van der Waals surface area contributed by atoms with Gasteiger partial charge < -0.3 is 9.64 Å². The molecule has 0 spiro atoms. The van der Waals surface area contributed by atoms with Gasteiger partial charge in [0.15, 0.2) is 9.84 Å². The minimum Gasteiger partial charge on any atom is -0.373 e. The van der Waals surface area contributed by atoms with Gasteiger partial charge >= 0.3 is 0 Å². The molecule has 3 rings (SSSR count). The topological polar surface area (TPSA) is 101 Å². The smallest absolute Gasteiger partial charge is 0.243 e. The molecule has 1 amide bonds. The summed E-state index contributed by atoms with van der Waals surface area (Å²) in [6.45, 7) is 10.6. The van der Waals surface area contributed by atoms with Gasteiger partial charge in [0.2, 0.25) is 15.9 Å². The molecule has 2 atom stereocenters. The van der Waals surface area contributed by atoms with Crippen LogP contribution in [0.1, 0.15) is 53.0 Å². The van der Waals surface area contributed by atoms with E-state index in [0.717, 1.165) is 5.56 Å². The molecule has 0 unspecified atom stereocenters. The fourth-order valence-corrected chi connectivity index (χ4v) is 7.50. The monoisotopic (exact) mass is 514 g/mol. The van der Waals surface area contributed by atoms with E-state index in [0.29, 0.717) is 39.0 Å². The predicted molar refractivity (Wildman–Crippen MR) is 132 cm³/mol. The van der Waals surface area contributed by atoms with Gasteiger partial charge in [0.05, 0.1) is 34.0 Å². The third kappa shape index (κ3) is 6.38. The Morgan fingerprint density at radius 3 is 2.00 bits per heavy atom. The van der Waals surface area contributed by atoms with Crippen LogP contribution in [-0.2, 0) is 35.8 Å².